The number of amides is 1. The van der Waals surface area contributed by atoms with Gasteiger partial charge in [0.15, 0.2) is 0 Å². The number of aromatic nitrogens is 2. The van der Waals surface area contributed by atoms with Gasteiger partial charge in [-0.25, -0.2) is 4.98 Å². The number of aryl methyl sites for hydroxylation is 2. The zero-order valence-electron chi connectivity index (χ0n) is 17.5. The Kier molecular flexibility index (Phi) is 5.82. The van der Waals surface area contributed by atoms with Crippen molar-refractivity contribution in [2.45, 2.75) is 34.6 Å². The molecule has 0 saturated heterocycles. The first-order valence-corrected chi connectivity index (χ1v) is 9.57. The van der Waals surface area contributed by atoms with Crippen molar-refractivity contribution in [2.24, 2.45) is 5.41 Å². The minimum absolute atomic E-state index is 0.0172. The molecule has 3 rings (SSSR count). The summed E-state index contributed by atoms with van der Waals surface area (Å²) in [5, 5.41) is 9.44. The Morgan fingerprint density at radius 1 is 0.793 bits per heavy atom. The van der Waals surface area contributed by atoms with Crippen LogP contribution in [-0.4, -0.2) is 15.9 Å². The van der Waals surface area contributed by atoms with Gasteiger partial charge in [0.2, 0.25) is 11.9 Å². The third-order valence-electron chi connectivity index (χ3n) is 4.26. The summed E-state index contributed by atoms with van der Waals surface area (Å²) < 4.78 is 0. The van der Waals surface area contributed by atoms with Crippen LogP contribution in [0.2, 0.25) is 0 Å². The predicted octanol–water partition coefficient (Wildman–Crippen LogP) is 5.57. The number of nitrogens with zero attached hydrogens (tertiary/aromatic N) is 2. The highest BCUT2D eigenvalue weighted by molar-refractivity contribution is 5.94. The summed E-state index contributed by atoms with van der Waals surface area (Å²) in [6.45, 7) is 9.64. The molecule has 29 heavy (non-hydrogen) atoms. The van der Waals surface area contributed by atoms with Crippen molar-refractivity contribution < 1.29 is 4.79 Å². The lowest BCUT2D eigenvalue weighted by atomic mass is 9.95. The molecule has 3 N–H and O–H groups in total. The summed E-state index contributed by atoms with van der Waals surface area (Å²) in [5.74, 6) is 1.21. The molecular weight excluding hydrogens is 362 g/mol. The molecule has 6 heteroatoms. The number of hydrogen-bond acceptors (Lipinski definition) is 5. The highest BCUT2D eigenvalue weighted by Crippen LogP contribution is 2.22. The summed E-state index contributed by atoms with van der Waals surface area (Å²) in [7, 11) is 0. The van der Waals surface area contributed by atoms with Crippen LogP contribution in [0.15, 0.2) is 54.6 Å². The standard InChI is InChI=1S/C23H27N5O/c1-15-6-8-19(9-7-15)27-22-24-16(2)14-20(28-22)25-17-10-12-18(13-11-17)26-21(29)23(3,4)5/h6-14H,1-5H3,(H,26,29)(H2,24,25,27,28). The van der Waals surface area contributed by atoms with E-state index < -0.39 is 5.41 Å². The van der Waals surface area contributed by atoms with E-state index in [0.29, 0.717) is 11.8 Å². The summed E-state index contributed by atoms with van der Waals surface area (Å²) >= 11 is 0. The van der Waals surface area contributed by atoms with Crippen LogP contribution in [0.3, 0.4) is 0 Å². The molecule has 0 aliphatic carbocycles. The fraction of sp³-hybridized carbons (Fsp3) is 0.261. The number of hydrogen-bond donors (Lipinski definition) is 3. The van der Waals surface area contributed by atoms with Gasteiger partial charge in [-0.3, -0.25) is 4.79 Å². The molecule has 0 bridgehead atoms. The van der Waals surface area contributed by atoms with E-state index in [1.54, 1.807) is 0 Å². The van der Waals surface area contributed by atoms with Crippen LogP contribution < -0.4 is 16.0 Å². The van der Waals surface area contributed by atoms with Crippen molar-refractivity contribution in [2.75, 3.05) is 16.0 Å². The molecule has 0 aliphatic rings. The average Bonchev–Trinajstić information content (AvgIpc) is 2.64. The number of benzene rings is 2. The van der Waals surface area contributed by atoms with Crippen molar-refractivity contribution in [3.8, 4) is 0 Å². The molecule has 0 atom stereocenters. The summed E-state index contributed by atoms with van der Waals surface area (Å²) in [4.78, 5) is 21.1. The van der Waals surface area contributed by atoms with E-state index in [4.69, 9.17) is 0 Å². The fourth-order valence-corrected chi connectivity index (χ4v) is 2.56. The van der Waals surface area contributed by atoms with Crippen LogP contribution in [0, 0.1) is 19.3 Å². The van der Waals surface area contributed by atoms with Crippen molar-refractivity contribution >= 4 is 34.7 Å². The molecule has 0 aliphatic heterocycles. The molecule has 1 aromatic heterocycles. The van der Waals surface area contributed by atoms with Crippen LogP contribution in [0.5, 0.6) is 0 Å². The van der Waals surface area contributed by atoms with E-state index >= 15 is 0 Å². The van der Waals surface area contributed by atoms with E-state index in [1.807, 2.05) is 82.3 Å². The summed E-state index contributed by atoms with van der Waals surface area (Å²) in [6, 6.07) is 17.5. The van der Waals surface area contributed by atoms with E-state index in [-0.39, 0.29) is 5.91 Å². The van der Waals surface area contributed by atoms with E-state index in [0.717, 1.165) is 22.8 Å². The van der Waals surface area contributed by atoms with Crippen molar-refractivity contribution in [3.05, 3.63) is 65.9 Å². The van der Waals surface area contributed by atoms with Gasteiger partial charge in [0, 0.05) is 34.2 Å². The first-order valence-electron chi connectivity index (χ1n) is 9.57. The molecule has 0 spiro atoms. The van der Waals surface area contributed by atoms with E-state index in [1.165, 1.54) is 5.56 Å². The van der Waals surface area contributed by atoms with Crippen molar-refractivity contribution in [1.29, 1.82) is 0 Å². The minimum Gasteiger partial charge on any atom is -0.340 e. The van der Waals surface area contributed by atoms with Gasteiger partial charge in [-0.05, 0) is 50.2 Å². The lowest BCUT2D eigenvalue weighted by Crippen LogP contribution is -2.27. The second-order valence-corrected chi connectivity index (χ2v) is 8.12. The second kappa shape index (κ2) is 8.31. The molecule has 6 nitrogen and oxygen atoms in total. The number of nitrogens with one attached hydrogen (secondary N) is 3. The van der Waals surface area contributed by atoms with Crippen molar-refractivity contribution in [1.82, 2.24) is 9.97 Å². The molecular formula is C23H27N5O. The molecule has 150 valence electrons. The molecule has 1 heterocycles. The van der Waals surface area contributed by atoms with E-state index in [9.17, 15) is 4.79 Å². The quantitative estimate of drug-likeness (QED) is 0.532. The van der Waals surface area contributed by atoms with Gasteiger partial charge in [-0.1, -0.05) is 38.5 Å². The van der Waals surface area contributed by atoms with Crippen LogP contribution in [0.25, 0.3) is 0 Å². The molecule has 1 amide bonds. The highest BCUT2D eigenvalue weighted by atomic mass is 16.2. The van der Waals surface area contributed by atoms with Crippen molar-refractivity contribution in [3.63, 3.8) is 0 Å². The zero-order chi connectivity index (χ0) is 21.0. The van der Waals surface area contributed by atoms with Gasteiger partial charge >= 0.3 is 0 Å². The monoisotopic (exact) mass is 389 g/mol. The van der Waals surface area contributed by atoms with Gasteiger partial charge in [-0.15, -0.1) is 0 Å². The van der Waals surface area contributed by atoms with Gasteiger partial charge in [0.1, 0.15) is 5.82 Å². The predicted molar refractivity (Wildman–Crippen MR) is 119 cm³/mol. The lowest BCUT2D eigenvalue weighted by Gasteiger charge is -2.17. The Morgan fingerprint density at radius 3 is 1.97 bits per heavy atom. The first-order chi connectivity index (χ1) is 13.7. The van der Waals surface area contributed by atoms with E-state index in [2.05, 4.69) is 32.8 Å². The van der Waals surface area contributed by atoms with Gasteiger partial charge in [0.25, 0.3) is 0 Å². The summed E-state index contributed by atoms with van der Waals surface area (Å²) in [5.41, 5.74) is 4.19. The maximum atomic E-state index is 12.1. The molecule has 0 unspecified atom stereocenters. The Hall–Kier alpha value is -3.41. The molecule has 0 radical (unpaired) electrons. The number of carbonyl (C=O) groups excluding carboxylic acids is 1. The average molecular weight is 390 g/mol. The Morgan fingerprint density at radius 2 is 1.34 bits per heavy atom. The number of carbonyl (C=O) groups is 1. The van der Waals surface area contributed by atoms with Crippen LogP contribution in [0.4, 0.5) is 28.8 Å². The lowest BCUT2D eigenvalue weighted by molar-refractivity contribution is -0.123. The molecule has 3 aromatic rings. The normalized spacial score (nSPS) is 11.1. The van der Waals surface area contributed by atoms with Gasteiger partial charge in [0.05, 0.1) is 0 Å². The molecule has 0 saturated carbocycles. The SMILES string of the molecule is Cc1ccc(Nc2nc(C)cc(Nc3ccc(NC(=O)C(C)(C)C)cc3)n2)cc1. The zero-order valence-corrected chi connectivity index (χ0v) is 17.5. The van der Waals surface area contributed by atoms with Crippen LogP contribution in [-0.2, 0) is 4.79 Å². The molecule has 0 fully saturated rings. The topological polar surface area (TPSA) is 78.9 Å². The number of rotatable bonds is 5. The van der Waals surface area contributed by atoms with Gasteiger partial charge in [-0.2, -0.15) is 4.98 Å². The Labute approximate surface area is 171 Å². The second-order valence-electron chi connectivity index (χ2n) is 8.12. The fourth-order valence-electron chi connectivity index (χ4n) is 2.56. The highest BCUT2D eigenvalue weighted by Gasteiger charge is 2.21. The number of anilines is 5. The Bertz CT molecular complexity index is 989. The third-order valence-corrected chi connectivity index (χ3v) is 4.26. The maximum absolute atomic E-state index is 12.1. The maximum Gasteiger partial charge on any atom is 0.229 e. The third kappa shape index (κ3) is 5.78. The first kappa shape index (κ1) is 20.3. The minimum atomic E-state index is -0.434. The largest absolute Gasteiger partial charge is 0.340 e. The molecule has 2 aromatic carbocycles. The summed E-state index contributed by atoms with van der Waals surface area (Å²) in [6.07, 6.45) is 0. The van der Waals surface area contributed by atoms with Crippen LogP contribution >= 0.6 is 0 Å². The smallest absolute Gasteiger partial charge is 0.229 e. The van der Waals surface area contributed by atoms with Gasteiger partial charge < -0.3 is 16.0 Å². The van der Waals surface area contributed by atoms with Crippen LogP contribution in [0.1, 0.15) is 32.0 Å². The Balaban J connectivity index is 1.70.